The average Bonchev–Trinajstić information content (AvgIpc) is 3.36. The topological polar surface area (TPSA) is 79.7 Å². The van der Waals surface area contributed by atoms with Gasteiger partial charge in [-0.2, -0.15) is 0 Å². The number of ether oxygens (including phenoxy) is 1. The molecule has 0 radical (unpaired) electrons. The van der Waals surface area contributed by atoms with Crippen LogP contribution < -0.4 is 0 Å². The zero-order valence-corrected chi connectivity index (χ0v) is 36.5. The fraction of sp³-hybridized carbons (Fsp3) is 0.732. The van der Waals surface area contributed by atoms with E-state index in [9.17, 15) is 9.59 Å². The van der Waals surface area contributed by atoms with Crippen LogP contribution in [0.15, 0.2) is 30.4 Å². The van der Waals surface area contributed by atoms with Crippen LogP contribution in [0.5, 0.6) is 0 Å². The summed E-state index contributed by atoms with van der Waals surface area (Å²) in [5.41, 5.74) is 2.74. The fourth-order valence-electron chi connectivity index (χ4n) is 6.78. The Morgan fingerprint density at radius 3 is 2.16 bits per heavy atom. The molecule has 0 fully saturated rings. The summed E-state index contributed by atoms with van der Waals surface area (Å²) in [4.78, 5) is 30.7. The van der Waals surface area contributed by atoms with Crippen molar-refractivity contribution in [2.24, 2.45) is 24.3 Å². The summed E-state index contributed by atoms with van der Waals surface area (Å²) in [6, 6.07) is 9.99. The molecule has 9 heteroatoms. The molecule has 1 heterocycles. The van der Waals surface area contributed by atoms with Crippen LogP contribution in [0.1, 0.15) is 125 Å². The van der Waals surface area contributed by atoms with Gasteiger partial charge in [0.2, 0.25) is 0 Å². The van der Waals surface area contributed by atoms with E-state index >= 15 is 0 Å². The highest BCUT2D eigenvalue weighted by molar-refractivity contribution is 6.74. The van der Waals surface area contributed by atoms with Gasteiger partial charge in [0.1, 0.15) is 11.6 Å². The largest absolute Gasteiger partial charge is 0.469 e. The minimum atomic E-state index is -2.15. The van der Waals surface area contributed by atoms with Crippen LogP contribution in [0.25, 0.3) is 11.0 Å². The van der Waals surface area contributed by atoms with E-state index in [1.807, 2.05) is 20.8 Å². The number of allylic oxidation sites excluding steroid dienone is 1. The van der Waals surface area contributed by atoms with Gasteiger partial charge < -0.3 is 18.2 Å². The molecule has 0 bridgehead atoms. The molecule has 0 aliphatic rings. The highest BCUT2D eigenvalue weighted by Gasteiger charge is 2.44. The maximum Gasteiger partial charge on any atom is 0.305 e. The molecule has 50 heavy (non-hydrogen) atoms. The van der Waals surface area contributed by atoms with Crippen LogP contribution in [0.4, 0.5) is 0 Å². The van der Waals surface area contributed by atoms with E-state index in [4.69, 9.17) is 18.6 Å². The zero-order chi connectivity index (χ0) is 38.1. The van der Waals surface area contributed by atoms with Crippen LogP contribution in [0, 0.1) is 24.2 Å². The van der Waals surface area contributed by atoms with Crippen molar-refractivity contribution in [2.45, 2.75) is 163 Å². The van der Waals surface area contributed by atoms with Gasteiger partial charge >= 0.3 is 5.97 Å². The molecule has 0 spiro atoms. The number of carbonyl (C=O) groups is 2. The summed E-state index contributed by atoms with van der Waals surface area (Å²) in [6.45, 7) is 28.4. The van der Waals surface area contributed by atoms with Crippen LogP contribution in [0.2, 0.25) is 36.3 Å². The first kappa shape index (κ1) is 44.1. The van der Waals surface area contributed by atoms with Crippen LogP contribution >= 0.6 is 0 Å². The minimum absolute atomic E-state index is 0.0140. The maximum absolute atomic E-state index is 14.0. The molecule has 0 N–H and O–H groups in total. The molecule has 284 valence electrons. The number of Topliss-reactive ketones (excluding diaryl/α,β-unsaturated/α-hetero) is 1. The Bertz CT molecular complexity index is 1410. The molecular formula is C41H72N2O5Si2. The summed E-state index contributed by atoms with van der Waals surface area (Å²) >= 11 is 0. The van der Waals surface area contributed by atoms with Crippen molar-refractivity contribution in [1.29, 1.82) is 0 Å². The van der Waals surface area contributed by atoms with Gasteiger partial charge in [0.25, 0.3) is 0 Å². The third kappa shape index (κ3) is 11.5. The van der Waals surface area contributed by atoms with Gasteiger partial charge in [0.15, 0.2) is 16.6 Å². The monoisotopic (exact) mass is 728 g/mol. The number of fused-ring (bicyclic) bond motifs is 1. The number of aryl methyl sites for hydroxylation is 2. The predicted octanol–water partition coefficient (Wildman–Crippen LogP) is 11.3. The van der Waals surface area contributed by atoms with Crippen molar-refractivity contribution < 1.29 is 23.2 Å². The molecule has 7 nitrogen and oxygen atoms in total. The summed E-state index contributed by atoms with van der Waals surface area (Å²) < 4.78 is 21.2. The van der Waals surface area contributed by atoms with E-state index in [0.29, 0.717) is 6.42 Å². The van der Waals surface area contributed by atoms with E-state index in [-0.39, 0.29) is 47.3 Å². The minimum Gasteiger partial charge on any atom is -0.469 e. The molecule has 2 aromatic rings. The second-order valence-corrected chi connectivity index (χ2v) is 26.4. The first-order chi connectivity index (χ1) is 23.2. The smallest absolute Gasteiger partial charge is 0.305 e. The van der Waals surface area contributed by atoms with E-state index < -0.39 is 22.0 Å². The molecule has 0 aliphatic carbocycles. The molecule has 1 aromatic heterocycles. The highest BCUT2D eigenvalue weighted by Crippen LogP contribution is 2.41. The first-order valence-corrected chi connectivity index (χ1v) is 24.7. The number of imidazole rings is 1. The fourth-order valence-corrected chi connectivity index (χ4v) is 11.1. The number of carbonyl (C=O) groups excluding carboxylic acids is 2. The number of hydrogen-bond acceptors (Lipinski definition) is 6. The summed E-state index contributed by atoms with van der Waals surface area (Å²) in [5, 5.41) is 0.0309. The van der Waals surface area contributed by atoms with Crippen molar-refractivity contribution in [2.75, 3.05) is 7.11 Å². The number of methoxy groups -OCH3 is 1. The van der Waals surface area contributed by atoms with Crippen LogP contribution in [-0.2, 0) is 30.2 Å². The standard InChI is InChI=1S/C41H72N2O5Si2/c1-16-50(17-2,18-3)47-36(33-25-26-35-34(29-33)42-32(6)43(35)12)24-22-20-19-21-23-30(4)38(48-49(14,15)40(7,8)9)31(5)39(45)41(10,11)28-27-37(44)46-13/h20,22,25-26,29-31,36,38H,16-19,21,23-24,27-28H2,1-15H3/b22-20+/t30-,31+,36-,38-/m0/s1. The summed E-state index contributed by atoms with van der Waals surface area (Å²) in [6.07, 6.45) is 8.95. The normalized spacial score (nSPS) is 15.7. The Balaban J connectivity index is 2.20. The maximum atomic E-state index is 14.0. The Morgan fingerprint density at radius 1 is 0.980 bits per heavy atom. The summed E-state index contributed by atoms with van der Waals surface area (Å²) in [7, 11) is -0.527. The van der Waals surface area contributed by atoms with Gasteiger partial charge in [-0.3, -0.25) is 9.59 Å². The number of nitrogens with zero attached hydrogens (tertiary/aromatic N) is 2. The number of unbranched alkanes of at least 4 members (excludes halogenated alkanes) is 1. The number of esters is 1. The van der Waals surface area contributed by atoms with Gasteiger partial charge in [-0.15, -0.1) is 0 Å². The second kappa shape index (κ2) is 18.6. The lowest BCUT2D eigenvalue weighted by Crippen LogP contribution is -2.50. The lowest BCUT2D eigenvalue weighted by atomic mass is 9.74. The van der Waals surface area contributed by atoms with E-state index in [1.54, 1.807) is 0 Å². The van der Waals surface area contributed by atoms with Gasteiger partial charge in [-0.25, -0.2) is 4.98 Å². The van der Waals surface area contributed by atoms with Crippen molar-refractivity contribution in [3.05, 3.63) is 41.7 Å². The SMILES string of the molecule is CC[Si](CC)(CC)O[C@@H](C/C=C/CCC[C@H](C)[C@H](O[Si](C)(C)C(C)(C)C)[C@@H](C)C(=O)C(C)(C)CCC(=O)OC)c1ccc2c(c1)nc(C)n2C. The average molecular weight is 729 g/mol. The van der Waals surface area contributed by atoms with E-state index in [0.717, 1.165) is 60.7 Å². The molecular weight excluding hydrogens is 657 g/mol. The molecule has 2 rings (SSSR count). The Morgan fingerprint density at radius 2 is 1.60 bits per heavy atom. The van der Waals surface area contributed by atoms with Gasteiger partial charge in [0.05, 0.1) is 30.4 Å². The predicted molar refractivity (Wildman–Crippen MR) is 215 cm³/mol. The third-order valence-electron chi connectivity index (χ3n) is 11.9. The first-order valence-electron chi connectivity index (χ1n) is 19.2. The molecule has 0 saturated heterocycles. The van der Waals surface area contributed by atoms with Gasteiger partial charge in [-0.1, -0.05) is 87.5 Å². The zero-order valence-electron chi connectivity index (χ0n) is 34.5. The van der Waals surface area contributed by atoms with Crippen molar-refractivity contribution in [1.82, 2.24) is 9.55 Å². The number of hydrogen-bond donors (Lipinski definition) is 0. The quantitative estimate of drug-likeness (QED) is 0.0551. The lowest BCUT2D eigenvalue weighted by molar-refractivity contribution is -0.142. The number of aromatic nitrogens is 2. The molecule has 0 saturated carbocycles. The number of ketones is 1. The molecule has 1 aromatic carbocycles. The van der Waals surface area contributed by atoms with Crippen molar-refractivity contribution in [3.8, 4) is 0 Å². The van der Waals surface area contributed by atoms with Gasteiger partial charge in [0, 0.05) is 24.8 Å². The Labute approximate surface area is 307 Å². The number of benzene rings is 1. The summed E-state index contributed by atoms with van der Waals surface area (Å²) in [5.74, 6) is 0.830. The molecule has 0 amide bonds. The third-order valence-corrected chi connectivity index (χ3v) is 21.0. The van der Waals surface area contributed by atoms with Crippen molar-refractivity contribution >= 4 is 39.4 Å². The van der Waals surface area contributed by atoms with Crippen LogP contribution in [0.3, 0.4) is 0 Å². The highest BCUT2D eigenvalue weighted by atomic mass is 28.4. The Hall–Kier alpha value is -2.08. The van der Waals surface area contributed by atoms with Gasteiger partial charge in [-0.05, 0) is 98.9 Å². The number of rotatable bonds is 21. The molecule has 4 atom stereocenters. The Kier molecular flexibility index (Phi) is 16.4. The lowest BCUT2D eigenvalue weighted by Gasteiger charge is -2.43. The molecule has 0 aliphatic heterocycles. The second-order valence-electron chi connectivity index (χ2n) is 16.9. The van der Waals surface area contributed by atoms with E-state index in [1.165, 1.54) is 12.7 Å². The van der Waals surface area contributed by atoms with Crippen LogP contribution in [-0.4, -0.2) is 51.2 Å². The van der Waals surface area contributed by atoms with E-state index in [2.05, 4.69) is 110 Å². The van der Waals surface area contributed by atoms with Crippen molar-refractivity contribution in [3.63, 3.8) is 0 Å². The molecule has 0 unspecified atom stereocenters.